The van der Waals surface area contributed by atoms with E-state index in [-0.39, 0.29) is 22.4 Å². The molecule has 1 aromatic heterocycles. The lowest BCUT2D eigenvalue weighted by Crippen LogP contribution is -2.55. The van der Waals surface area contributed by atoms with Crippen LogP contribution in [0.5, 0.6) is 0 Å². The van der Waals surface area contributed by atoms with Crippen molar-refractivity contribution in [3.63, 3.8) is 0 Å². The molecule has 0 saturated carbocycles. The molecular weight excluding hydrogens is 419 g/mol. The Morgan fingerprint density at radius 2 is 2.00 bits per heavy atom. The Balaban J connectivity index is 1.38. The molecule has 1 spiro atoms. The summed E-state index contributed by atoms with van der Waals surface area (Å²) in [5, 5.41) is 0. The van der Waals surface area contributed by atoms with Gasteiger partial charge in [0, 0.05) is 50.6 Å². The first-order valence-corrected chi connectivity index (χ1v) is 12.4. The molecule has 1 aliphatic carbocycles. The van der Waals surface area contributed by atoms with Gasteiger partial charge in [0.2, 0.25) is 5.96 Å². The minimum absolute atomic E-state index is 0.00180. The number of aromatic nitrogens is 1. The van der Waals surface area contributed by atoms with Gasteiger partial charge >= 0.3 is 0 Å². The summed E-state index contributed by atoms with van der Waals surface area (Å²) >= 11 is 0. The summed E-state index contributed by atoms with van der Waals surface area (Å²) in [4.78, 5) is 16.0. The Morgan fingerprint density at radius 1 is 1.25 bits per heavy atom. The van der Waals surface area contributed by atoms with Crippen LogP contribution >= 0.6 is 0 Å². The lowest BCUT2D eigenvalue weighted by atomic mass is 9.73. The molecule has 3 aliphatic heterocycles. The molecule has 5 rings (SSSR count). The zero-order valence-corrected chi connectivity index (χ0v) is 20.1. The molecule has 32 heavy (non-hydrogen) atoms. The number of pyridine rings is 1. The van der Waals surface area contributed by atoms with Crippen LogP contribution in [0.25, 0.3) is 0 Å². The van der Waals surface area contributed by atoms with Gasteiger partial charge in [-0.05, 0) is 57.1 Å². The van der Waals surface area contributed by atoms with Crippen molar-refractivity contribution in [3.8, 4) is 0 Å². The van der Waals surface area contributed by atoms with E-state index in [0.717, 1.165) is 49.5 Å². The fraction of sp³-hybridized carbons (Fsp3) is 0.565. The molecule has 4 heterocycles. The second-order valence-corrected chi connectivity index (χ2v) is 12.3. The Labute approximate surface area is 194 Å². The van der Waals surface area contributed by atoms with E-state index in [0.29, 0.717) is 0 Å². The summed E-state index contributed by atoms with van der Waals surface area (Å²) in [7, 11) is 7.10. The van der Waals surface area contributed by atoms with Crippen LogP contribution < -0.4 is 4.72 Å². The minimum Gasteiger partial charge on any atom is -0.356 e. The van der Waals surface area contributed by atoms with Crippen LogP contribution in [0.1, 0.15) is 50.9 Å². The number of aliphatic imine (C=N–C) groups is 1. The van der Waals surface area contributed by atoms with Gasteiger partial charge < -0.3 is 9.80 Å². The van der Waals surface area contributed by atoms with Gasteiger partial charge in [-0.25, -0.2) is 13.9 Å². The monoisotopic (exact) mass is 450 g/mol. The average molecular weight is 450 g/mol. The molecule has 0 aromatic carbocycles. The van der Waals surface area contributed by atoms with E-state index in [4.69, 9.17) is 12.8 Å². The van der Waals surface area contributed by atoms with Gasteiger partial charge in [0.1, 0.15) is 14.0 Å². The number of rotatable bonds is 2. The van der Waals surface area contributed by atoms with Crippen molar-refractivity contribution in [3.05, 3.63) is 53.7 Å². The molecule has 1 fully saturated rings. The third-order valence-electron chi connectivity index (χ3n) is 7.16. The SMILES string of the molecule is [B]C1=CN=C(N2CCC3(CC2)Cc2ncccc2[C@@H]3N[S@@](=O)C(C)(C)C)N2C=CN(C)C12. The second kappa shape index (κ2) is 7.73. The standard InChI is InChI=1S/C23H31BN6OS/c1-22(2,3)32(31)27-19-16-6-5-9-25-18(16)14-23(19)7-10-29(11-8-23)21-26-15-17(24)20-28(4)12-13-30(20)21/h5-6,9,12-13,15,19-20,27H,7-8,10-11,14H2,1-4H3/t19-,20?,32-/m0/s1. The zero-order valence-electron chi connectivity index (χ0n) is 19.3. The summed E-state index contributed by atoms with van der Waals surface area (Å²) in [6.07, 6.45) is 10.6. The minimum atomic E-state index is -1.15. The van der Waals surface area contributed by atoms with E-state index in [1.807, 2.05) is 46.3 Å². The fourth-order valence-electron chi connectivity index (χ4n) is 5.33. The quantitative estimate of drug-likeness (QED) is 0.701. The highest BCUT2D eigenvalue weighted by molar-refractivity contribution is 7.84. The van der Waals surface area contributed by atoms with Crippen LogP contribution in [0.15, 0.2) is 47.4 Å². The van der Waals surface area contributed by atoms with E-state index in [1.54, 1.807) is 6.20 Å². The fourth-order valence-corrected chi connectivity index (χ4v) is 6.28. The van der Waals surface area contributed by atoms with Gasteiger partial charge in [-0.3, -0.25) is 9.88 Å². The maximum atomic E-state index is 13.1. The first-order valence-electron chi connectivity index (χ1n) is 11.3. The number of piperidine rings is 1. The van der Waals surface area contributed by atoms with E-state index >= 15 is 0 Å². The van der Waals surface area contributed by atoms with E-state index in [9.17, 15) is 4.21 Å². The topological polar surface area (TPSA) is 64.1 Å². The number of likely N-dealkylation sites (tertiary alicyclic amines) is 1. The third kappa shape index (κ3) is 3.50. The molecule has 1 N–H and O–H groups in total. The molecule has 9 heteroatoms. The van der Waals surface area contributed by atoms with Crippen molar-refractivity contribution in [2.75, 3.05) is 20.1 Å². The van der Waals surface area contributed by atoms with Crippen molar-refractivity contribution in [1.82, 2.24) is 24.4 Å². The van der Waals surface area contributed by atoms with Crippen molar-refractivity contribution >= 4 is 24.8 Å². The lowest BCUT2D eigenvalue weighted by molar-refractivity contribution is 0.111. The van der Waals surface area contributed by atoms with Crippen LogP contribution in [0.3, 0.4) is 0 Å². The number of fused-ring (bicyclic) bond motifs is 2. The number of nitrogens with zero attached hydrogens (tertiary/aromatic N) is 5. The molecule has 7 nitrogen and oxygen atoms in total. The van der Waals surface area contributed by atoms with Crippen molar-refractivity contribution in [1.29, 1.82) is 0 Å². The smallest absolute Gasteiger partial charge is 0.207 e. The third-order valence-corrected chi connectivity index (χ3v) is 8.72. The van der Waals surface area contributed by atoms with Gasteiger partial charge in [0.25, 0.3) is 0 Å². The summed E-state index contributed by atoms with van der Waals surface area (Å²) in [6.45, 7) is 7.83. The number of hydrogen-bond donors (Lipinski definition) is 1. The Morgan fingerprint density at radius 3 is 2.72 bits per heavy atom. The summed E-state index contributed by atoms with van der Waals surface area (Å²) < 4.78 is 16.3. The molecule has 168 valence electrons. The first-order chi connectivity index (χ1) is 15.2. The van der Waals surface area contributed by atoms with Crippen LogP contribution in [0.2, 0.25) is 0 Å². The zero-order chi connectivity index (χ0) is 22.7. The Hall–Kier alpha value is -2.13. The van der Waals surface area contributed by atoms with Crippen molar-refractivity contribution in [2.45, 2.75) is 57.0 Å². The molecule has 1 saturated heterocycles. The number of likely N-dealkylation sites (N-methyl/N-ethyl adjacent to an activating group) is 1. The maximum absolute atomic E-state index is 13.1. The second-order valence-electron chi connectivity index (χ2n) is 10.3. The van der Waals surface area contributed by atoms with Gasteiger partial charge in [-0.2, -0.15) is 0 Å². The van der Waals surface area contributed by atoms with E-state index in [2.05, 4.69) is 36.7 Å². The van der Waals surface area contributed by atoms with Crippen molar-refractivity contribution in [2.24, 2.45) is 10.4 Å². The molecular formula is C23H31BN6OS. The molecule has 0 amide bonds. The molecule has 2 radical (unpaired) electrons. The molecule has 0 bridgehead atoms. The molecule has 1 aromatic rings. The first kappa shape index (κ1) is 21.7. The lowest BCUT2D eigenvalue weighted by Gasteiger charge is -2.46. The van der Waals surface area contributed by atoms with E-state index in [1.165, 1.54) is 5.56 Å². The average Bonchev–Trinajstić information content (AvgIpc) is 3.28. The van der Waals surface area contributed by atoms with Gasteiger partial charge in [-0.15, -0.1) is 0 Å². The maximum Gasteiger partial charge on any atom is 0.207 e. The number of hydrogen-bond acceptors (Lipinski definition) is 6. The summed E-state index contributed by atoms with van der Waals surface area (Å²) in [5.74, 6) is 0.955. The van der Waals surface area contributed by atoms with Crippen LogP contribution in [0.4, 0.5) is 0 Å². The number of nitrogens with one attached hydrogen (secondary N) is 1. The highest BCUT2D eigenvalue weighted by Gasteiger charge is 2.50. The predicted octanol–water partition coefficient (Wildman–Crippen LogP) is 2.24. The van der Waals surface area contributed by atoms with Gasteiger partial charge in [-0.1, -0.05) is 11.5 Å². The number of guanidine groups is 1. The summed E-state index contributed by atoms with van der Waals surface area (Å²) in [6, 6.07) is 4.18. The van der Waals surface area contributed by atoms with Crippen LogP contribution in [-0.4, -0.2) is 68.7 Å². The van der Waals surface area contributed by atoms with Crippen LogP contribution in [0, 0.1) is 5.41 Å². The van der Waals surface area contributed by atoms with Gasteiger partial charge in [0.05, 0.1) is 21.8 Å². The normalized spacial score (nSPS) is 27.3. The Kier molecular flexibility index (Phi) is 5.24. The van der Waals surface area contributed by atoms with Gasteiger partial charge in [0.15, 0.2) is 0 Å². The molecule has 4 aliphatic rings. The molecule has 3 atom stereocenters. The van der Waals surface area contributed by atoms with E-state index < -0.39 is 11.0 Å². The molecule has 1 unspecified atom stereocenters. The summed E-state index contributed by atoms with van der Waals surface area (Å²) in [5.41, 5.74) is 3.10. The highest BCUT2D eigenvalue weighted by atomic mass is 32.2. The highest BCUT2D eigenvalue weighted by Crippen LogP contribution is 2.52. The van der Waals surface area contributed by atoms with Crippen LogP contribution in [-0.2, 0) is 17.4 Å². The Bertz CT molecular complexity index is 1020. The van der Waals surface area contributed by atoms with Crippen molar-refractivity contribution < 1.29 is 4.21 Å². The predicted molar refractivity (Wildman–Crippen MR) is 129 cm³/mol. The largest absolute Gasteiger partial charge is 0.356 e.